The second-order valence-corrected chi connectivity index (χ2v) is 6.62. The Morgan fingerprint density at radius 1 is 1.11 bits per heavy atom. The molecule has 0 radical (unpaired) electrons. The monoisotopic (exact) mass is 377 g/mol. The number of carbonyl (C=O) groups is 2. The van der Waals surface area contributed by atoms with Crippen LogP contribution in [0.1, 0.15) is 34.9 Å². The van der Waals surface area contributed by atoms with Gasteiger partial charge < -0.3 is 10.4 Å². The Labute approximate surface area is 154 Å². The van der Waals surface area contributed by atoms with Crippen LogP contribution in [0.15, 0.2) is 54.6 Å². The minimum Gasteiger partial charge on any atom is -0.481 e. The first-order chi connectivity index (χ1) is 12.8. The van der Waals surface area contributed by atoms with Crippen molar-refractivity contribution < 1.29 is 27.9 Å². The van der Waals surface area contributed by atoms with Crippen molar-refractivity contribution in [1.29, 1.82) is 0 Å². The van der Waals surface area contributed by atoms with Gasteiger partial charge >= 0.3 is 12.1 Å². The number of rotatable bonds is 6. The molecule has 0 aromatic heterocycles. The molecule has 0 heterocycles. The molecule has 0 saturated heterocycles. The van der Waals surface area contributed by atoms with Gasteiger partial charge in [-0.2, -0.15) is 13.2 Å². The molecule has 0 bridgehead atoms. The predicted molar refractivity (Wildman–Crippen MR) is 92.1 cm³/mol. The molecule has 1 amide bonds. The molecule has 1 aliphatic rings. The molecule has 2 N–H and O–H groups in total. The minimum absolute atomic E-state index is 0.0655. The van der Waals surface area contributed by atoms with E-state index in [1.165, 1.54) is 6.07 Å². The Bertz CT molecular complexity index is 836. The Balaban J connectivity index is 1.61. The van der Waals surface area contributed by atoms with E-state index in [0.29, 0.717) is 17.5 Å². The summed E-state index contributed by atoms with van der Waals surface area (Å²) in [5.74, 6) is -2.96. The van der Waals surface area contributed by atoms with Crippen molar-refractivity contribution in [2.75, 3.05) is 6.54 Å². The number of hydrogen-bond acceptors (Lipinski definition) is 2. The highest BCUT2D eigenvalue weighted by atomic mass is 19.4. The van der Waals surface area contributed by atoms with Crippen LogP contribution in [-0.2, 0) is 15.8 Å². The fraction of sp³-hybridized carbons (Fsp3) is 0.300. The lowest BCUT2D eigenvalue weighted by atomic mass is 9.99. The van der Waals surface area contributed by atoms with Gasteiger partial charge in [0.2, 0.25) is 5.91 Å². The number of nitrogens with one attached hydrogen (secondary N) is 1. The van der Waals surface area contributed by atoms with Gasteiger partial charge in [-0.15, -0.1) is 0 Å². The van der Waals surface area contributed by atoms with Gasteiger partial charge in [0, 0.05) is 12.5 Å². The van der Waals surface area contributed by atoms with Crippen LogP contribution in [0.5, 0.6) is 0 Å². The van der Waals surface area contributed by atoms with E-state index in [2.05, 4.69) is 5.32 Å². The smallest absolute Gasteiger partial charge is 0.416 e. The van der Waals surface area contributed by atoms with Crippen molar-refractivity contribution in [2.45, 2.75) is 24.4 Å². The normalized spacial score (nSPS) is 20.0. The maximum atomic E-state index is 12.8. The SMILES string of the molecule is O=C(O)C(CNC(=O)C1CC1c1cccc(C(F)(F)F)c1)c1ccccc1. The van der Waals surface area contributed by atoms with E-state index in [-0.39, 0.29) is 18.4 Å². The highest BCUT2D eigenvalue weighted by Crippen LogP contribution is 2.48. The van der Waals surface area contributed by atoms with E-state index in [4.69, 9.17) is 0 Å². The van der Waals surface area contributed by atoms with Crippen molar-refractivity contribution in [3.05, 3.63) is 71.3 Å². The second kappa shape index (κ2) is 7.42. The summed E-state index contributed by atoms with van der Waals surface area (Å²) >= 11 is 0. The summed E-state index contributed by atoms with van der Waals surface area (Å²) in [5.41, 5.74) is 0.319. The van der Waals surface area contributed by atoms with Gasteiger partial charge in [-0.3, -0.25) is 9.59 Å². The Morgan fingerprint density at radius 2 is 1.81 bits per heavy atom. The van der Waals surface area contributed by atoms with Gasteiger partial charge in [0.15, 0.2) is 0 Å². The molecule has 1 aliphatic carbocycles. The van der Waals surface area contributed by atoms with Crippen molar-refractivity contribution in [2.24, 2.45) is 5.92 Å². The zero-order valence-electron chi connectivity index (χ0n) is 14.2. The van der Waals surface area contributed by atoms with Crippen molar-refractivity contribution in [1.82, 2.24) is 5.32 Å². The molecule has 3 rings (SSSR count). The number of carboxylic acids is 1. The van der Waals surface area contributed by atoms with E-state index < -0.39 is 29.5 Å². The topological polar surface area (TPSA) is 66.4 Å². The third kappa shape index (κ3) is 4.48. The van der Waals surface area contributed by atoms with Crippen molar-refractivity contribution >= 4 is 11.9 Å². The summed E-state index contributed by atoms with van der Waals surface area (Å²) in [6.07, 6.45) is -3.97. The number of carbonyl (C=O) groups excluding carboxylic acids is 1. The van der Waals surface area contributed by atoms with E-state index >= 15 is 0 Å². The summed E-state index contributed by atoms with van der Waals surface area (Å²) in [7, 11) is 0. The summed E-state index contributed by atoms with van der Waals surface area (Å²) in [6, 6.07) is 13.5. The fourth-order valence-corrected chi connectivity index (χ4v) is 3.17. The van der Waals surface area contributed by atoms with Crippen LogP contribution < -0.4 is 5.32 Å². The average Bonchev–Trinajstić information content (AvgIpc) is 3.43. The lowest BCUT2D eigenvalue weighted by Gasteiger charge is -2.14. The zero-order valence-corrected chi connectivity index (χ0v) is 14.2. The van der Waals surface area contributed by atoms with Gasteiger partial charge in [-0.1, -0.05) is 48.5 Å². The van der Waals surface area contributed by atoms with Crippen LogP contribution in [0.4, 0.5) is 13.2 Å². The number of benzene rings is 2. The molecule has 0 aliphatic heterocycles. The second-order valence-electron chi connectivity index (χ2n) is 6.62. The van der Waals surface area contributed by atoms with Crippen molar-refractivity contribution in [3.63, 3.8) is 0 Å². The maximum Gasteiger partial charge on any atom is 0.416 e. The highest BCUT2D eigenvalue weighted by molar-refractivity contribution is 5.84. The van der Waals surface area contributed by atoms with Crippen LogP contribution in [0.3, 0.4) is 0 Å². The number of aliphatic carboxylic acids is 1. The van der Waals surface area contributed by atoms with Crippen LogP contribution >= 0.6 is 0 Å². The lowest BCUT2D eigenvalue weighted by Crippen LogP contribution is -2.32. The third-order valence-corrected chi connectivity index (χ3v) is 4.75. The van der Waals surface area contributed by atoms with Gasteiger partial charge in [-0.25, -0.2) is 0 Å². The van der Waals surface area contributed by atoms with Crippen molar-refractivity contribution in [3.8, 4) is 0 Å². The van der Waals surface area contributed by atoms with Gasteiger partial charge in [0.05, 0.1) is 11.5 Å². The molecule has 2 aromatic rings. The minimum atomic E-state index is -4.42. The number of carboxylic acid groups (broad SMARTS) is 1. The molecular weight excluding hydrogens is 359 g/mol. The van der Waals surface area contributed by atoms with Gasteiger partial charge in [0.25, 0.3) is 0 Å². The first-order valence-corrected chi connectivity index (χ1v) is 8.50. The van der Waals surface area contributed by atoms with E-state index in [9.17, 15) is 27.9 Å². The molecule has 1 saturated carbocycles. The standard InChI is InChI=1S/C20H18F3NO3/c21-20(22,23)14-8-4-7-13(9-14)15-10-16(15)18(25)24-11-17(19(26)27)12-5-2-1-3-6-12/h1-9,15-17H,10-11H2,(H,24,25)(H,26,27). The van der Waals surface area contributed by atoms with E-state index in [1.54, 1.807) is 36.4 Å². The molecular formula is C20H18F3NO3. The Kier molecular flexibility index (Phi) is 5.21. The third-order valence-electron chi connectivity index (χ3n) is 4.75. The molecule has 3 atom stereocenters. The largest absolute Gasteiger partial charge is 0.481 e. The van der Waals surface area contributed by atoms with Crippen LogP contribution in [-0.4, -0.2) is 23.5 Å². The summed E-state index contributed by atoms with van der Waals surface area (Å²) in [6.45, 7) is -0.0655. The molecule has 27 heavy (non-hydrogen) atoms. The zero-order chi connectivity index (χ0) is 19.6. The summed E-state index contributed by atoms with van der Waals surface area (Å²) in [5, 5.41) is 12.0. The number of alkyl halides is 3. The molecule has 2 aromatic carbocycles. The number of halogens is 3. The number of hydrogen-bond donors (Lipinski definition) is 2. The summed E-state index contributed by atoms with van der Waals surface area (Å²) in [4.78, 5) is 23.8. The van der Waals surface area contributed by atoms with E-state index in [0.717, 1.165) is 12.1 Å². The Morgan fingerprint density at radius 3 is 2.44 bits per heavy atom. The average molecular weight is 377 g/mol. The number of amides is 1. The Hall–Kier alpha value is -2.83. The fourth-order valence-electron chi connectivity index (χ4n) is 3.17. The molecule has 7 heteroatoms. The first-order valence-electron chi connectivity index (χ1n) is 8.50. The predicted octanol–water partition coefficient (Wildman–Crippen LogP) is 3.79. The van der Waals surface area contributed by atoms with Crippen LogP contribution in [0.25, 0.3) is 0 Å². The maximum absolute atomic E-state index is 12.8. The molecule has 1 fully saturated rings. The molecule has 0 spiro atoms. The lowest BCUT2D eigenvalue weighted by molar-refractivity contribution is -0.139. The van der Waals surface area contributed by atoms with Gasteiger partial charge in [0.1, 0.15) is 0 Å². The molecule has 142 valence electrons. The summed E-state index contributed by atoms with van der Waals surface area (Å²) < 4.78 is 38.5. The first kappa shape index (κ1) is 18.9. The molecule has 3 unspecified atom stereocenters. The highest BCUT2D eigenvalue weighted by Gasteiger charge is 2.44. The van der Waals surface area contributed by atoms with Crippen LogP contribution in [0.2, 0.25) is 0 Å². The van der Waals surface area contributed by atoms with Crippen LogP contribution in [0, 0.1) is 5.92 Å². The van der Waals surface area contributed by atoms with Gasteiger partial charge in [-0.05, 0) is 29.5 Å². The molecule has 4 nitrogen and oxygen atoms in total. The quantitative estimate of drug-likeness (QED) is 0.805. The van der Waals surface area contributed by atoms with E-state index in [1.807, 2.05) is 0 Å².